The van der Waals surface area contributed by atoms with Crippen LogP contribution in [0.4, 0.5) is 5.69 Å². The Bertz CT molecular complexity index is 422. The summed E-state index contributed by atoms with van der Waals surface area (Å²) in [5.74, 6) is -0.132. The molecule has 0 bridgehead atoms. The van der Waals surface area contributed by atoms with Crippen LogP contribution in [0.15, 0.2) is 24.3 Å². The summed E-state index contributed by atoms with van der Waals surface area (Å²) in [4.78, 5) is 24.3. The van der Waals surface area contributed by atoms with Gasteiger partial charge in [0, 0.05) is 7.05 Å². The molecule has 0 aliphatic carbocycles. The van der Waals surface area contributed by atoms with Crippen molar-refractivity contribution in [1.29, 1.82) is 0 Å². The lowest BCUT2D eigenvalue weighted by molar-refractivity contribution is -0.170. The standard InChI is InChI=1S/C11H15N2O2P/c1-8(2)13-11(14)9-6-4-5-7-10(9)12(3)16(13)15/h4-8,16H,1-3H3. The van der Waals surface area contributed by atoms with E-state index in [1.807, 2.05) is 32.0 Å². The lowest BCUT2D eigenvalue weighted by Crippen LogP contribution is -2.44. The van der Waals surface area contributed by atoms with E-state index in [2.05, 4.69) is 0 Å². The molecule has 5 heteroatoms. The van der Waals surface area contributed by atoms with Gasteiger partial charge >= 0.3 is 0 Å². The quantitative estimate of drug-likeness (QED) is 0.693. The largest absolute Gasteiger partial charge is 0.644 e. The Morgan fingerprint density at radius 3 is 2.56 bits per heavy atom. The lowest BCUT2D eigenvalue weighted by Gasteiger charge is -2.40. The van der Waals surface area contributed by atoms with Crippen molar-refractivity contribution in [2.75, 3.05) is 11.7 Å². The van der Waals surface area contributed by atoms with Gasteiger partial charge in [-0.2, -0.15) is 4.67 Å². The third-order valence-electron chi connectivity index (χ3n) is 2.72. The number of nitrogens with zero attached hydrogens (tertiary/aromatic N) is 2. The molecule has 1 unspecified atom stereocenters. The number of hydrogen-bond acceptors (Lipinski definition) is 3. The first kappa shape index (κ1) is 11.4. The van der Waals surface area contributed by atoms with Crippen molar-refractivity contribution in [3.63, 3.8) is 0 Å². The summed E-state index contributed by atoms with van der Waals surface area (Å²) in [5, 5.41) is 0. The maximum Gasteiger partial charge on any atom is 0.289 e. The number of para-hydroxylation sites is 1. The van der Waals surface area contributed by atoms with Gasteiger partial charge in [-0.15, -0.1) is 0 Å². The Hall–Kier alpha value is -1.12. The molecule has 0 spiro atoms. The number of rotatable bonds is 1. The van der Waals surface area contributed by atoms with Crippen LogP contribution in [0.25, 0.3) is 0 Å². The minimum Gasteiger partial charge on any atom is -0.644 e. The highest BCUT2D eigenvalue weighted by Crippen LogP contribution is 2.46. The van der Waals surface area contributed by atoms with Crippen LogP contribution in [-0.4, -0.2) is 23.7 Å². The van der Waals surface area contributed by atoms with Gasteiger partial charge in [0.05, 0.1) is 17.3 Å². The third-order valence-corrected chi connectivity index (χ3v) is 4.67. The second kappa shape index (κ2) is 4.04. The summed E-state index contributed by atoms with van der Waals surface area (Å²) < 4.78 is 3.16. The van der Waals surface area contributed by atoms with Gasteiger partial charge in [0.15, 0.2) is 0 Å². The molecule has 1 aromatic carbocycles. The maximum absolute atomic E-state index is 12.2. The molecule has 2 rings (SSSR count). The van der Waals surface area contributed by atoms with Gasteiger partial charge < -0.3 is 4.89 Å². The number of benzene rings is 1. The molecule has 1 heterocycles. The second-order valence-corrected chi connectivity index (χ2v) is 5.85. The Kier molecular flexibility index (Phi) is 2.87. The highest BCUT2D eigenvalue weighted by molar-refractivity contribution is 7.50. The summed E-state index contributed by atoms with van der Waals surface area (Å²) in [6.45, 7) is 3.75. The second-order valence-electron chi connectivity index (χ2n) is 4.13. The molecule has 0 N–H and O–H groups in total. The molecule has 0 aromatic heterocycles. The minimum absolute atomic E-state index is 0.0466. The monoisotopic (exact) mass is 238 g/mol. The van der Waals surface area contributed by atoms with E-state index >= 15 is 0 Å². The first-order valence-electron chi connectivity index (χ1n) is 5.24. The van der Waals surface area contributed by atoms with E-state index in [1.165, 1.54) is 4.67 Å². The molecule has 4 nitrogen and oxygen atoms in total. The lowest BCUT2D eigenvalue weighted by atomic mass is 10.1. The Labute approximate surface area is 96.4 Å². The smallest absolute Gasteiger partial charge is 0.289 e. The fraction of sp³-hybridized carbons (Fsp3) is 0.364. The summed E-state index contributed by atoms with van der Waals surface area (Å²) >= 11 is 0. The Morgan fingerprint density at radius 2 is 1.94 bits per heavy atom. The Morgan fingerprint density at radius 1 is 1.31 bits per heavy atom. The van der Waals surface area contributed by atoms with Crippen LogP contribution in [0.2, 0.25) is 0 Å². The van der Waals surface area contributed by atoms with Gasteiger partial charge in [0.1, 0.15) is 8.45 Å². The SMILES string of the molecule is CC(C)N1C(=O)c2ccccc2N(C)[PH+]1[O-]. The topological polar surface area (TPSA) is 46.6 Å². The van der Waals surface area contributed by atoms with Crippen molar-refractivity contribution in [3.05, 3.63) is 29.8 Å². The molecular formula is C11H15N2O2P. The number of anilines is 1. The van der Waals surface area contributed by atoms with E-state index in [9.17, 15) is 9.69 Å². The van der Waals surface area contributed by atoms with E-state index in [1.54, 1.807) is 17.8 Å². The predicted octanol–water partition coefficient (Wildman–Crippen LogP) is 1.31. The predicted molar refractivity (Wildman–Crippen MR) is 64.5 cm³/mol. The van der Waals surface area contributed by atoms with Crippen molar-refractivity contribution in [2.24, 2.45) is 0 Å². The summed E-state index contributed by atoms with van der Waals surface area (Å²) in [6, 6.07) is 7.23. The van der Waals surface area contributed by atoms with Crippen LogP contribution in [0.1, 0.15) is 24.2 Å². The summed E-state index contributed by atoms with van der Waals surface area (Å²) in [5.41, 5.74) is 1.39. The zero-order valence-corrected chi connectivity index (χ0v) is 10.6. The highest BCUT2D eigenvalue weighted by Gasteiger charge is 2.37. The van der Waals surface area contributed by atoms with Crippen LogP contribution < -0.4 is 9.56 Å². The maximum atomic E-state index is 12.2. The van der Waals surface area contributed by atoms with Crippen molar-refractivity contribution in [1.82, 2.24) is 4.67 Å². The molecule has 0 fully saturated rings. The van der Waals surface area contributed by atoms with E-state index < -0.39 is 8.45 Å². The van der Waals surface area contributed by atoms with Gasteiger partial charge in [-0.05, 0) is 26.0 Å². The first-order chi connectivity index (χ1) is 7.54. The zero-order chi connectivity index (χ0) is 11.9. The van der Waals surface area contributed by atoms with Gasteiger partial charge in [-0.3, -0.25) is 4.79 Å². The molecule has 0 saturated heterocycles. The molecule has 0 saturated carbocycles. The van der Waals surface area contributed by atoms with Gasteiger partial charge in [-0.1, -0.05) is 12.1 Å². The fourth-order valence-electron chi connectivity index (χ4n) is 1.88. The Balaban J connectivity index is 2.52. The van der Waals surface area contributed by atoms with Crippen molar-refractivity contribution in [2.45, 2.75) is 19.9 Å². The first-order valence-corrected chi connectivity index (χ1v) is 6.54. The molecular weight excluding hydrogens is 223 g/mol. The number of amides is 1. The van der Waals surface area contributed by atoms with Gasteiger partial charge in [0.2, 0.25) is 0 Å². The zero-order valence-electron chi connectivity index (χ0n) is 9.60. The van der Waals surface area contributed by atoms with E-state index in [0.29, 0.717) is 5.56 Å². The van der Waals surface area contributed by atoms with Gasteiger partial charge in [0.25, 0.3) is 5.91 Å². The number of hydrogen-bond donors (Lipinski definition) is 0. The number of carbonyl (C=O) groups excluding carboxylic acids is 1. The van der Waals surface area contributed by atoms with Crippen LogP contribution >= 0.6 is 8.45 Å². The van der Waals surface area contributed by atoms with Crippen molar-refractivity contribution >= 4 is 20.0 Å². The number of carbonyl (C=O) groups is 1. The fourth-order valence-corrected chi connectivity index (χ4v) is 3.34. The van der Waals surface area contributed by atoms with Crippen LogP contribution in [-0.2, 0) is 0 Å². The van der Waals surface area contributed by atoms with E-state index in [4.69, 9.17) is 0 Å². The van der Waals surface area contributed by atoms with E-state index in [0.717, 1.165) is 5.69 Å². The third kappa shape index (κ3) is 1.58. The molecule has 86 valence electrons. The molecule has 1 aliphatic rings. The average Bonchev–Trinajstić information content (AvgIpc) is 2.26. The van der Waals surface area contributed by atoms with Crippen molar-refractivity contribution < 1.29 is 9.69 Å². The summed E-state index contributed by atoms with van der Waals surface area (Å²) in [6.07, 6.45) is 0. The minimum atomic E-state index is -2.20. The average molecular weight is 238 g/mol. The molecule has 16 heavy (non-hydrogen) atoms. The van der Waals surface area contributed by atoms with Crippen LogP contribution in [0.5, 0.6) is 0 Å². The van der Waals surface area contributed by atoms with Crippen molar-refractivity contribution in [3.8, 4) is 0 Å². The number of fused-ring (bicyclic) bond motifs is 1. The van der Waals surface area contributed by atoms with E-state index in [-0.39, 0.29) is 11.9 Å². The molecule has 1 atom stereocenters. The van der Waals surface area contributed by atoms with Gasteiger partial charge in [-0.25, -0.2) is 4.67 Å². The molecule has 1 aliphatic heterocycles. The molecule has 0 radical (unpaired) electrons. The van der Waals surface area contributed by atoms with Crippen LogP contribution in [0.3, 0.4) is 0 Å². The highest BCUT2D eigenvalue weighted by atomic mass is 31.2. The summed E-state index contributed by atoms with van der Waals surface area (Å²) in [7, 11) is -0.436. The molecule has 1 aromatic rings. The normalized spacial score (nSPS) is 20.3. The van der Waals surface area contributed by atoms with Crippen LogP contribution in [0, 0.1) is 0 Å². The molecule has 1 amide bonds.